The van der Waals surface area contributed by atoms with Gasteiger partial charge in [0.2, 0.25) is 0 Å². The Morgan fingerprint density at radius 3 is 2.67 bits per heavy atom. The Kier molecular flexibility index (Phi) is 2.65. The summed E-state index contributed by atoms with van der Waals surface area (Å²) in [5.41, 5.74) is 2.06. The molecule has 0 fully saturated rings. The number of halogens is 2. The summed E-state index contributed by atoms with van der Waals surface area (Å²) < 4.78 is 11.9. The molecular weight excluding hydrogens is 181 g/mol. The summed E-state index contributed by atoms with van der Waals surface area (Å²) in [6, 6.07) is 4.35. The summed E-state index contributed by atoms with van der Waals surface area (Å²) >= 11 is 5.62. The second kappa shape index (κ2) is 3.54. The van der Waals surface area contributed by atoms with Gasteiger partial charge >= 0.3 is 0 Å². The van der Waals surface area contributed by atoms with Gasteiger partial charge in [-0.15, -0.1) is 4.48 Å². The Morgan fingerprint density at radius 1 is 1.58 bits per heavy atom. The molecule has 0 saturated heterocycles. The molecule has 1 aromatic carbocycles. The highest BCUT2D eigenvalue weighted by Crippen LogP contribution is 2.22. The van der Waals surface area contributed by atoms with E-state index in [-0.39, 0.29) is 16.5 Å². The Morgan fingerprint density at radius 2 is 2.25 bits per heavy atom. The van der Waals surface area contributed by atoms with Crippen molar-refractivity contribution >= 4 is 23.1 Å². The molecular formula is C8H7ClFNO. The molecule has 1 N–H and O–H groups in total. The second-order valence-corrected chi connectivity index (χ2v) is 2.75. The summed E-state index contributed by atoms with van der Waals surface area (Å²) in [5.74, 6) is -0.0951. The fourth-order valence-corrected chi connectivity index (χ4v) is 1.03. The maximum Gasteiger partial charge on any atom is 0.159 e. The van der Waals surface area contributed by atoms with E-state index >= 15 is 0 Å². The highest BCUT2D eigenvalue weighted by Gasteiger charge is 2.03. The quantitative estimate of drug-likeness (QED) is 0.570. The predicted octanol–water partition coefficient (Wildman–Crippen LogP) is 2.84. The number of nitrogens with one attached hydrogen (secondary N) is 1. The SMILES string of the molecule is CC(=O)c1ccc(NF)c(Cl)c1. The molecule has 0 bridgehead atoms. The number of hydrogen-bond donors (Lipinski definition) is 1. The van der Waals surface area contributed by atoms with E-state index in [2.05, 4.69) is 0 Å². The number of Topliss-reactive ketones (excluding diaryl/α,β-unsaturated/α-hetero) is 1. The van der Waals surface area contributed by atoms with E-state index in [1.807, 2.05) is 0 Å². The van der Waals surface area contributed by atoms with Crippen molar-refractivity contribution in [3.8, 4) is 0 Å². The van der Waals surface area contributed by atoms with Gasteiger partial charge in [-0.1, -0.05) is 11.6 Å². The molecule has 1 aromatic rings. The molecule has 0 spiro atoms. The molecule has 0 radical (unpaired) electrons. The van der Waals surface area contributed by atoms with Crippen molar-refractivity contribution < 1.29 is 9.28 Å². The lowest BCUT2D eigenvalue weighted by Crippen LogP contribution is -1.92. The van der Waals surface area contributed by atoms with Crippen molar-refractivity contribution in [1.29, 1.82) is 0 Å². The first-order chi connectivity index (χ1) is 5.65. The average Bonchev–Trinajstić information content (AvgIpc) is 2.04. The molecule has 0 heterocycles. The topological polar surface area (TPSA) is 29.1 Å². The molecule has 0 aliphatic carbocycles. The van der Waals surface area contributed by atoms with E-state index in [1.165, 1.54) is 30.7 Å². The summed E-state index contributed by atoms with van der Waals surface area (Å²) in [4.78, 5) is 10.8. The van der Waals surface area contributed by atoms with Crippen LogP contribution in [0.3, 0.4) is 0 Å². The van der Waals surface area contributed by atoms with Crippen LogP contribution in [0.15, 0.2) is 18.2 Å². The van der Waals surface area contributed by atoms with E-state index in [0.717, 1.165) is 0 Å². The number of carbonyl (C=O) groups is 1. The van der Waals surface area contributed by atoms with Gasteiger partial charge in [-0.3, -0.25) is 4.79 Å². The Hall–Kier alpha value is -1.09. The zero-order valence-corrected chi connectivity index (χ0v) is 7.15. The van der Waals surface area contributed by atoms with E-state index < -0.39 is 0 Å². The maximum atomic E-state index is 11.9. The average molecular weight is 188 g/mol. The van der Waals surface area contributed by atoms with Gasteiger partial charge in [0.25, 0.3) is 0 Å². The zero-order chi connectivity index (χ0) is 9.14. The number of rotatable bonds is 2. The van der Waals surface area contributed by atoms with Crippen LogP contribution < -0.4 is 5.54 Å². The molecule has 0 aliphatic rings. The number of carbonyl (C=O) groups excluding carboxylic acids is 1. The molecule has 12 heavy (non-hydrogen) atoms. The third-order valence-electron chi connectivity index (χ3n) is 1.48. The van der Waals surface area contributed by atoms with Crippen molar-refractivity contribution in [3.63, 3.8) is 0 Å². The molecule has 0 saturated carbocycles. The van der Waals surface area contributed by atoms with Gasteiger partial charge in [-0.25, -0.2) is 5.54 Å². The van der Waals surface area contributed by atoms with Crippen LogP contribution >= 0.6 is 11.6 Å². The van der Waals surface area contributed by atoms with Crippen LogP contribution in [0.2, 0.25) is 5.02 Å². The minimum atomic E-state index is -0.0951. The van der Waals surface area contributed by atoms with Crippen molar-refractivity contribution in [1.82, 2.24) is 0 Å². The Balaban J connectivity index is 3.10. The first kappa shape index (κ1) is 9.00. The normalized spacial score (nSPS) is 9.58. The summed E-state index contributed by atoms with van der Waals surface area (Å²) in [6.45, 7) is 1.42. The smallest absolute Gasteiger partial charge is 0.159 e. The monoisotopic (exact) mass is 187 g/mol. The molecule has 0 aromatic heterocycles. The van der Waals surface area contributed by atoms with E-state index in [9.17, 15) is 9.28 Å². The third-order valence-corrected chi connectivity index (χ3v) is 1.79. The molecule has 0 amide bonds. The van der Waals surface area contributed by atoms with Gasteiger partial charge in [0.05, 0.1) is 10.7 Å². The Labute approximate surface area is 74.3 Å². The van der Waals surface area contributed by atoms with Crippen molar-refractivity contribution in [3.05, 3.63) is 28.8 Å². The second-order valence-electron chi connectivity index (χ2n) is 2.35. The lowest BCUT2D eigenvalue weighted by molar-refractivity contribution is 0.101. The minimum absolute atomic E-state index is 0.0951. The first-order valence-corrected chi connectivity index (χ1v) is 3.70. The summed E-state index contributed by atoms with van der Waals surface area (Å²) in [6.07, 6.45) is 0. The first-order valence-electron chi connectivity index (χ1n) is 3.32. The van der Waals surface area contributed by atoms with Crippen LogP contribution in [-0.2, 0) is 0 Å². The number of benzene rings is 1. The minimum Gasteiger partial charge on any atom is -0.295 e. The van der Waals surface area contributed by atoms with E-state index in [4.69, 9.17) is 11.6 Å². The third kappa shape index (κ3) is 1.74. The predicted molar refractivity (Wildman–Crippen MR) is 46.2 cm³/mol. The van der Waals surface area contributed by atoms with Gasteiger partial charge in [0, 0.05) is 5.56 Å². The number of hydrogen-bond acceptors (Lipinski definition) is 2. The standard InChI is InChI=1S/C8H7ClFNO/c1-5(12)6-2-3-8(11-10)7(9)4-6/h2-4,11H,1H3. The maximum absolute atomic E-state index is 11.9. The van der Waals surface area contributed by atoms with Gasteiger partial charge in [-0.2, -0.15) is 0 Å². The molecule has 1 rings (SSSR count). The van der Waals surface area contributed by atoms with Crippen LogP contribution in [0, 0.1) is 0 Å². The lowest BCUT2D eigenvalue weighted by atomic mass is 10.1. The van der Waals surface area contributed by atoms with Crippen LogP contribution in [0.1, 0.15) is 17.3 Å². The van der Waals surface area contributed by atoms with Crippen LogP contribution in [0.4, 0.5) is 10.2 Å². The van der Waals surface area contributed by atoms with Crippen LogP contribution in [0.25, 0.3) is 0 Å². The zero-order valence-electron chi connectivity index (χ0n) is 6.40. The fourth-order valence-electron chi connectivity index (χ4n) is 0.811. The van der Waals surface area contributed by atoms with Crippen LogP contribution in [0.5, 0.6) is 0 Å². The Bertz CT molecular complexity index is 314. The highest BCUT2D eigenvalue weighted by atomic mass is 35.5. The molecule has 4 heteroatoms. The number of anilines is 1. The van der Waals surface area contributed by atoms with Gasteiger partial charge in [-0.05, 0) is 25.1 Å². The van der Waals surface area contributed by atoms with Gasteiger partial charge in [0.15, 0.2) is 5.78 Å². The van der Waals surface area contributed by atoms with Crippen molar-refractivity contribution in [2.24, 2.45) is 0 Å². The summed E-state index contributed by atoms with van der Waals surface area (Å²) in [7, 11) is 0. The van der Waals surface area contributed by atoms with Crippen LogP contribution in [-0.4, -0.2) is 5.78 Å². The highest BCUT2D eigenvalue weighted by molar-refractivity contribution is 6.33. The number of ketones is 1. The fraction of sp³-hybridized carbons (Fsp3) is 0.125. The molecule has 0 aliphatic heterocycles. The molecule has 64 valence electrons. The molecule has 0 atom stereocenters. The largest absolute Gasteiger partial charge is 0.295 e. The lowest BCUT2D eigenvalue weighted by Gasteiger charge is -2.01. The summed E-state index contributed by atoms with van der Waals surface area (Å²) in [5, 5.41) is 0.199. The van der Waals surface area contributed by atoms with E-state index in [0.29, 0.717) is 5.56 Å². The van der Waals surface area contributed by atoms with Gasteiger partial charge < -0.3 is 0 Å². The van der Waals surface area contributed by atoms with Gasteiger partial charge in [0.1, 0.15) is 0 Å². The van der Waals surface area contributed by atoms with Crippen molar-refractivity contribution in [2.75, 3.05) is 5.54 Å². The van der Waals surface area contributed by atoms with Crippen molar-refractivity contribution in [2.45, 2.75) is 6.92 Å². The van der Waals surface area contributed by atoms with E-state index in [1.54, 1.807) is 0 Å². The molecule has 2 nitrogen and oxygen atoms in total. The molecule has 0 unspecified atom stereocenters.